The summed E-state index contributed by atoms with van der Waals surface area (Å²) in [7, 11) is 0. The van der Waals surface area contributed by atoms with Crippen LogP contribution in [0.3, 0.4) is 0 Å². The van der Waals surface area contributed by atoms with Crippen LogP contribution in [-0.2, 0) is 5.54 Å². The van der Waals surface area contributed by atoms with E-state index >= 15 is 0 Å². The molecular formula is C17H28N2. The highest BCUT2D eigenvalue weighted by Crippen LogP contribution is 2.26. The first kappa shape index (κ1) is 14.5. The first-order valence-electron chi connectivity index (χ1n) is 7.42. The molecule has 1 unspecified atom stereocenters. The van der Waals surface area contributed by atoms with Crippen molar-refractivity contribution in [3.8, 4) is 0 Å². The molecule has 0 amide bonds. The van der Waals surface area contributed by atoms with Gasteiger partial charge < -0.3 is 10.2 Å². The number of benzene rings is 1. The summed E-state index contributed by atoms with van der Waals surface area (Å²) >= 11 is 0. The summed E-state index contributed by atoms with van der Waals surface area (Å²) in [5, 5.41) is 3.75. The molecule has 1 saturated heterocycles. The third-order valence-corrected chi connectivity index (χ3v) is 3.81. The van der Waals surface area contributed by atoms with E-state index in [2.05, 4.69) is 68.2 Å². The van der Waals surface area contributed by atoms with E-state index in [1.165, 1.54) is 18.5 Å². The van der Waals surface area contributed by atoms with Crippen LogP contribution in [0.4, 0.5) is 0 Å². The van der Waals surface area contributed by atoms with Crippen LogP contribution in [0.5, 0.6) is 0 Å². The van der Waals surface area contributed by atoms with Crippen molar-refractivity contribution in [2.45, 2.75) is 39.7 Å². The molecule has 1 aromatic carbocycles. The van der Waals surface area contributed by atoms with Crippen LogP contribution in [0.1, 0.15) is 39.7 Å². The summed E-state index contributed by atoms with van der Waals surface area (Å²) in [5.41, 5.74) is 1.83. The Labute approximate surface area is 118 Å². The van der Waals surface area contributed by atoms with Crippen molar-refractivity contribution in [2.75, 3.05) is 26.2 Å². The maximum Gasteiger partial charge on any atom is 0.0534 e. The Balaban J connectivity index is 2.16. The van der Waals surface area contributed by atoms with Gasteiger partial charge in [0, 0.05) is 13.1 Å². The van der Waals surface area contributed by atoms with Crippen molar-refractivity contribution in [1.82, 2.24) is 10.2 Å². The SMILES string of the molecule is CC(C)(C)CN1CCCNC(C)(c2ccccc2)C1. The first-order chi connectivity index (χ1) is 8.89. The quantitative estimate of drug-likeness (QED) is 0.878. The fourth-order valence-corrected chi connectivity index (χ4v) is 3.05. The topological polar surface area (TPSA) is 15.3 Å². The number of nitrogens with one attached hydrogen (secondary N) is 1. The van der Waals surface area contributed by atoms with Gasteiger partial charge in [-0.15, -0.1) is 0 Å². The van der Waals surface area contributed by atoms with E-state index in [0.717, 1.165) is 19.6 Å². The summed E-state index contributed by atoms with van der Waals surface area (Å²) in [4.78, 5) is 2.62. The summed E-state index contributed by atoms with van der Waals surface area (Å²) in [6.45, 7) is 13.9. The molecule has 106 valence electrons. The van der Waals surface area contributed by atoms with Gasteiger partial charge in [-0.2, -0.15) is 0 Å². The second-order valence-corrected chi connectivity index (χ2v) is 7.25. The summed E-state index contributed by atoms with van der Waals surface area (Å²) in [5.74, 6) is 0. The Hall–Kier alpha value is -0.860. The second-order valence-electron chi connectivity index (χ2n) is 7.25. The van der Waals surface area contributed by atoms with Crippen molar-refractivity contribution >= 4 is 0 Å². The van der Waals surface area contributed by atoms with Gasteiger partial charge in [0.2, 0.25) is 0 Å². The Kier molecular flexibility index (Phi) is 4.32. The summed E-state index contributed by atoms with van der Waals surface area (Å²) in [6, 6.07) is 10.9. The van der Waals surface area contributed by atoms with Gasteiger partial charge in [0.1, 0.15) is 0 Å². The van der Waals surface area contributed by atoms with Gasteiger partial charge in [0.05, 0.1) is 5.54 Å². The molecule has 1 atom stereocenters. The van der Waals surface area contributed by atoms with E-state index < -0.39 is 0 Å². The van der Waals surface area contributed by atoms with Crippen molar-refractivity contribution in [3.05, 3.63) is 35.9 Å². The van der Waals surface area contributed by atoms with Gasteiger partial charge in [0.25, 0.3) is 0 Å². The molecule has 1 fully saturated rings. The summed E-state index contributed by atoms with van der Waals surface area (Å²) in [6.07, 6.45) is 1.23. The highest BCUT2D eigenvalue weighted by Gasteiger charge is 2.31. The minimum atomic E-state index is 0.0724. The van der Waals surface area contributed by atoms with Crippen LogP contribution in [0.2, 0.25) is 0 Å². The monoisotopic (exact) mass is 260 g/mol. The van der Waals surface area contributed by atoms with E-state index in [9.17, 15) is 0 Å². The predicted molar refractivity (Wildman–Crippen MR) is 82.3 cm³/mol. The fourth-order valence-electron chi connectivity index (χ4n) is 3.05. The molecule has 0 aliphatic carbocycles. The van der Waals surface area contributed by atoms with Crippen LogP contribution < -0.4 is 5.32 Å². The standard InChI is InChI=1S/C17H28N2/c1-16(2,3)13-19-12-8-11-18-17(4,14-19)15-9-6-5-7-10-15/h5-7,9-10,18H,8,11-14H2,1-4H3. The largest absolute Gasteiger partial charge is 0.307 e. The number of rotatable bonds is 2. The van der Waals surface area contributed by atoms with Gasteiger partial charge in [-0.1, -0.05) is 51.1 Å². The summed E-state index contributed by atoms with van der Waals surface area (Å²) < 4.78 is 0. The van der Waals surface area contributed by atoms with Gasteiger partial charge in [-0.25, -0.2) is 0 Å². The molecule has 2 rings (SSSR count). The van der Waals surface area contributed by atoms with Gasteiger partial charge in [0.15, 0.2) is 0 Å². The molecule has 1 heterocycles. The molecule has 1 aliphatic heterocycles. The molecule has 1 N–H and O–H groups in total. The van der Waals surface area contributed by atoms with Crippen molar-refractivity contribution in [1.29, 1.82) is 0 Å². The number of nitrogens with zero attached hydrogens (tertiary/aromatic N) is 1. The lowest BCUT2D eigenvalue weighted by Gasteiger charge is -2.36. The molecule has 1 aliphatic rings. The van der Waals surface area contributed by atoms with Gasteiger partial charge in [-0.3, -0.25) is 0 Å². The minimum absolute atomic E-state index is 0.0724. The number of hydrogen-bond donors (Lipinski definition) is 1. The van der Waals surface area contributed by atoms with E-state index in [-0.39, 0.29) is 5.54 Å². The molecule has 19 heavy (non-hydrogen) atoms. The molecule has 0 radical (unpaired) electrons. The molecule has 0 saturated carbocycles. The number of hydrogen-bond acceptors (Lipinski definition) is 2. The van der Waals surface area contributed by atoms with Crippen LogP contribution >= 0.6 is 0 Å². The zero-order valence-corrected chi connectivity index (χ0v) is 12.9. The van der Waals surface area contributed by atoms with E-state index in [1.54, 1.807) is 0 Å². The molecule has 2 heteroatoms. The van der Waals surface area contributed by atoms with Gasteiger partial charge in [-0.05, 0) is 37.4 Å². The second kappa shape index (κ2) is 5.64. The Morgan fingerprint density at radius 1 is 1.21 bits per heavy atom. The van der Waals surface area contributed by atoms with E-state index in [0.29, 0.717) is 5.41 Å². The van der Waals surface area contributed by atoms with E-state index in [4.69, 9.17) is 0 Å². The Morgan fingerprint density at radius 2 is 1.89 bits per heavy atom. The zero-order valence-electron chi connectivity index (χ0n) is 12.9. The molecular weight excluding hydrogens is 232 g/mol. The third kappa shape index (κ3) is 4.05. The predicted octanol–water partition coefficient (Wildman–Crippen LogP) is 3.24. The highest BCUT2D eigenvalue weighted by atomic mass is 15.2. The Morgan fingerprint density at radius 3 is 2.53 bits per heavy atom. The highest BCUT2D eigenvalue weighted by molar-refractivity contribution is 5.24. The lowest BCUT2D eigenvalue weighted by atomic mass is 9.90. The lowest BCUT2D eigenvalue weighted by molar-refractivity contribution is 0.162. The average molecular weight is 260 g/mol. The minimum Gasteiger partial charge on any atom is -0.307 e. The maximum absolute atomic E-state index is 3.75. The fraction of sp³-hybridized carbons (Fsp3) is 0.647. The zero-order chi connectivity index (χ0) is 13.9. The van der Waals surface area contributed by atoms with Gasteiger partial charge >= 0.3 is 0 Å². The van der Waals surface area contributed by atoms with Crippen LogP contribution in [0.25, 0.3) is 0 Å². The molecule has 2 nitrogen and oxygen atoms in total. The van der Waals surface area contributed by atoms with Crippen molar-refractivity contribution in [3.63, 3.8) is 0 Å². The lowest BCUT2D eigenvalue weighted by Crippen LogP contribution is -2.47. The van der Waals surface area contributed by atoms with Crippen molar-refractivity contribution in [2.24, 2.45) is 5.41 Å². The van der Waals surface area contributed by atoms with Crippen molar-refractivity contribution < 1.29 is 0 Å². The average Bonchev–Trinajstić information content (AvgIpc) is 2.51. The van der Waals surface area contributed by atoms with Crippen LogP contribution in [-0.4, -0.2) is 31.1 Å². The molecule has 0 spiro atoms. The molecule has 1 aromatic rings. The molecule has 0 aromatic heterocycles. The smallest absolute Gasteiger partial charge is 0.0534 e. The Bertz CT molecular complexity index is 393. The van der Waals surface area contributed by atoms with Crippen LogP contribution in [0, 0.1) is 5.41 Å². The van der Waals surface area contributed by atoms with Crippen LogP contribution in [0.15, 0.2) is 30.3 Å². The third-order valence-electron chi connectivity index (χ3n) is 3.81. The maximum atomic E-state index is 3.75. The normalized spacial score (nSPS) is 26.1. The molecule has 0 bridgehead atoms. The first-order valence-corrected chi connectivity index (χ1v) is 7.42. The van der Waals surface area contributed by atoms with E-state index in [1.807, 2.05) is 0 Å².